The topological polar surface area (TPSA) is 75.7 Å². The summed E-state index contributed by atoms with van der Waals surface area (Å²) in [7, 11) is 0. The average Bonchev–Trinajstić information content (AvgIpc) is 2.88. The summed E-state index contributed by atoms with van der Waals surface area (Å²) >= 11 is 0. The third kappa shape index (κ3) is 8.62. The Morgan fingerprint density at radius 3 is 2.39 bits per heavy atom. The van der Waals surface area contributed by atoms with Crippen molar-refractivity contribution in [2.24, 2.45) is 15.9 Å². The van der Waals surface area contributed by atoms with E-state index < -0.39 is 0 Å². The van der Waals surface area contributed by atoms with Crippen molar-refractivity contribution >= 4 is 11.9 Å². The van der Waals surface area contributed by atoms with E-state index in [1.54, 1.807) is 18.6 Å². The molecule has 2 aromatic carbocycles. The van der Waals surface area contributed by atoms with E-state index in [4.69, 9.17) is 5.84 Å². The van der Waals surface area contributed by atoms with Crippen LogP contribution in [-0.4, -0.2) is 30.0 Å². The highest BCUT2D eigenvalue weighted by molar-refractivity contribution is 6.38. The lowest BCUT2D eigenvalue weighted by molar-refractivity contribution is 0.567. The zero-order valence-corrected chi connectivity index (χ0v) is 19.4. The fraction of sp³-hybridized carbons (Fsp3) is 0.321. The second-order valence-corrected chi connectivity index (χ2v) is 8.11. The van der Waals surface area contributed by atoms with Gasteiger partial charge in [0.25, 0.3) is 0 Å². The largest absolute Gasteiger partial charge is 0.323 e. The Morgan fingerprint density at radius 2 is 1.61 bits per heavy atom. The average molecular weight is 442 g/mol. The molecule has 5 nitrogen and oxygen atoms in total. The minimum atomic E-state index is 0.669. The summed E-state index contributed by atoms with van der Waals surface area (Å²) in [6.45, 7) is 2.78. The fourth-order valence-electron chi connectivity index (χ4n) is 3.80. The molecule has 0 unspecified atom stereocenters. The van der Waals surface area contributed by atoms with Crippen molar-refractivity contribution in [2.45, 2.75) is 45.1 Å². The summed E-state index contributed by atoms with van der Waals surface area (Å²) in [5.41, 5.74) is 5.51. The molecule has 0 radical (unpaired) electrons. The molecule has 3 rings (SSSR count). The molecule has 0 saturated heterocycles. The molecule has 0 aliphatic carbocycles. The molecule has 5 heteroatoms. The molecule has 1 heterocycles. The van der Waals surface area contributed by atoms with Crippen LogP contribution in [0.15, 0.2) is 89.2 Å². The van der Waals surface area contributed by atoms with Gasteiger partial charge in [0.1, 0.15) is 5.71 Å². The molecule has 0 bridgehead atoms. The highest BCUT2D eigenvalue weighted by Crippen LogP contribution is 2.23. The van der Waals surface area contributed by atoms with Gasteiger partial charge in [-0.15, -0.1) is 0 Å². The zero-order valence-electron chi connectivity index (χ0n) is 19.4. The lowest BCUT2D eigenvalue weighted by Crippen LogP contribution is -2.15. The molecule has 0 fully saturated rings. The summed E-state index contributed by atoms with van der Waals surface area (Å²) in [5, 5.41) is 7.42. The van der Waals surface area contributed by atoms with Gasteiger partial charge >= 0.3 is 0 Å². The van der Waals surface area contributed by atoms with E-state index in [-0.39, 0.29) is 0 Å². The Morgan fingerprint density at radius 1 is 0.848 bits per heavy atom. The summed E-state index contributed by atoms with van der Waals surface area (Å²) in [6, 6.07) is 23.1. The summed E-state index contributed by atoms with van der Waals surface area (Å²) in [6.07, 6.45) is 12.5. The van der Waals surface area contributed by atoms with Crippen LogP contribution >= 0.6 is 0 Å². The van der Waals surface area contributed by atoms with Crippen molar-refractivity contribution in [1.82, 2.24) is 10.3 Å². The number of hydrogen-bond acceptors (Lipinski definition) is 5. The molecule has 3 N–H and O–H groups in total. The van der Waals surface area contributed by atoms with Crippen LogP contribution in [0, 0.1) is 0 Å². The minimum Gasteiger partial charge on any atom is -0.323 e. The second kappa shape index (κ2) is 14.7. The Kier molecular flexibility index (Phi) is 10.8. The van der Waals surface area contributed by atoms with Gasteiger partial charge in [-0.05, 0) is 48.2 Å². The van der Waals surface area contributed by atoms with Crippen LogP contribution in [0.1, 0.15) is 49.7 Å². The lowest BCUT2D eigenvalue weighted by Gasteiger charge is -2.11. The molecule has 172 valence electrons. The third-order valence-corrected chi connectivity index (χ3v) is 5.62. The molecule has 33 heavy (non-hydrogen) atoms. The number of rotatable bonds is 14. The number of unbranched alkanes of at least 4 members (excludes halogenated alkanes) is 5. The first-order valence-corrected chi connectivity index (χ1v) is 11.9. The molecular weight excluding hydrogens is 406 g/mol. The van der Waals surface area contributed by atoms with E-state index >= 15 is 0 Å². The predicted molar refractivity (Wildman–Crippen MR) is 140 cm³/mol. The third-order valence-electron chi connectivity index (χ3n) is 5.62. The van der Waals surface area contributed by atoms with E-state index in [1.807, 2.05) is 12.1 Å². The first-order chi connectivity index (χ1) is 16.4. The van der Waals surface area contributed by atoms with E-state index in [1.165, 1.54) is 48.8 Å². The van der Waals surface area contributed by atoms with E-state index in [2.05, 4.69) is 75.0 Å². The first kappa shape index (κ1) is 24.3. The van der Waals surface area contributed by atoms with Crippen LogP contribution in [0.25, 0.3) is 11.1 Å². The van der Waals surface area contributed by atoms with Gasteiger partial charge in [0, 0.05) is 37.3 Å². The van der Waals surface area contributed by atoms with Gasteiger partial charge in [0.05, 0.1) is 0 Å². The van der Waals surface area contributed by atoms with Gasteiger partial charge in [-0.3, -0.25) is 9.98 Å². The number of pyridine rings is 1. The molecule has 0 aliphatic heterocycles. The number of aromatic nitrogens is 1. The second-order valence-electron chi connectivity index (χ2n) is 8.11. The number of hydrazone groups is 1. The van der Waals surface area contributed by atoms with Crippen LogP contribution in [0.4, 0.5) is 0 Å². The molecule has 0 amide bonds. The lowest BCUT2D eigenvalue weighted by atomic mass is 10.00. The maximum absolute atomic E-state index is 5.47. The highest BCUT2D eigenvalue weighted by Gasteiger charge is 2.03. The minimum absolute atomic E-state index is 0.669. The van der Waals surface area contributed by atoms with E-state index in [0.29, 0.717) is 5.71 Å². The maximum atomic E-state index is 5.47. The van der Waals surface area contributed by atoms with Gasteiger partial charge < -0.3 is 11.2 Å². The Balaban J connectivity index is 1.23. The normalized spacial score (nSPS) is 11.8. The van der Waals surface area contributed by atoms with Crippen molar-refractivity contribution < 1.29 is 0 Å². The zero-order chi connectivity index (χ0) is 23.0. The van der Waals surface area contributed by atoms with Crippen molar-refractivity contribution in [3.8, 4) is 11.1 Å². The number of hydrogen-bond donors (Lipinski definition) is 2. The SMILES string of the molecule is NN=C(C=NCCCCCCCCNCc1ccccc1-c1ccccc1)c1cccnc1. The molecular formula is C28H35N5. The number of nitrogens with zero attached hydrogens (tertiary/aromatic N) is 3. The van der Waals surface area contributed by atoms with Crippen LogP contribution in [0.5, 0.6) is 0 Å². The van der Waals surface area contributed by atoms with Gasteiger partial charge in [-0.1, -0.05) is 80.3 Å². The van der Waals surface area contributed by atoms with Crippen molar-refractivity contribution in [3.05, 3.63) is 90.3 Å². The number of aliphatic imine (C=N–C) groups is 1. The van der Waals surface area contributed by atoms with Crippen LogP contribution < -0.4 is 11.2 Å². The van der Waals surface area contributed by atoms with Crippen molar-refractivity contribution in [3.63, 3.8) is 0 Å². The molecule has 3 aromatic rings. The summed E-state index contributed by atoms with van der Waals surface area (Å²) in [4.78, 5) is 8.55. The first-order valence-electron chi connectivity index (χ1n) is 11.9. The van der Waals surface area contributed by atoms with E-state index in [0.717, 1.165) is 31.6 Å². The number of benzene rings is 2. The van der Waals surface area contributed by atoms with E-state index in [9.17, 15) is 0 Å². The standard InChI is InChI=1S/C28H35N5/c29-33-28(26-16-12-20-31-22-26)23-32-19-11-4-2-1-3-10-18-30-21-25-15-8-9-17-27(25)24-13-6-5-7-14-24/h5-9,12-17,20,22-23,30H,1-4,10-11,18-19,21,29H2. The highest BCUT2D eigenvalue weighted by atomic mass is 15.1. The quantitative estimate of drug-likeness (QED) is 0.148. The van der Waals surface area contributed by atoms with Gasteiger partial charge in [0.2, 0.25) is 0 Å². The number of nitrogens with two attached hydrogens (primary N) is 1. The monoisotopic (exact) mass is 441 g/mol. The van der Waals surface area contributed by atoms with Gasteiger partial charge in [-0.2, -0.15) is 5.10 Å². The fourth-order valence-corrected chi connectivity index (χ4v) is 3.80. The smallest absolute Gasteiger partial charge is 0.109 e. The Bertz CT molecular complexity index is 983. The number of nitrogens with one attached hydrogen (secondary N) is 1. The summed E-state index contributed by atoms with van der Waals surface area (Å²) < 4.78 is 0. The maximum Gasteiger partial charge on any atom is 0.109 e. The Hall–Kier alpha value is -3.31. The van der Waals surface area contributed by atoms with Crippen LogP contribution in [0.3, 0.4) is 0 Å². The molecule has 0 aliphatic rings. The van der Waals surface area contributed by atoms with Crippen molar-refractivity contribution in [1.29, 1.82) is 0 Å². The van der Waals surface area contributed by atoms with Crippen LogP contribution in [-0.2, 0) is 6.54 Å². The summed E-state index contributed by atoms with van der Waals surface area (Å²) in [5.74, 6) is 5.47. The molecule has 0 saturated carbocycles. The molecule has 0 spiro atoms. The van der Waals surface area contributed by atoms with Crippen LogP contribution in [0.2, 0.25) is 0 Å². The van der Waals surface area contributed by atoms with Gasteiger partial charge in [-0.25, -0.2) is 0 Å². The van der Waals surface area contributed by atoms with Gasteiger partial charge in [0.15, 0.2) is 0 Å². The van der Waals surface area contributed by atoms with Crippen molar-refractivity contribution in [2.75, 3.05) is 13.1 Å². The molecule has 1 aromatic heterocycles. The Labute approximate surface area is 197 Å². The molecule has 0 atom stereocenters. The predicted octanol–water partition coefficient (Wildman–Crippen LogP) is 5.61.